The molecule has 104 valence electrons. The fraction of sp³-hybridized carbons (Fsp3) is 0.0769. The molecule has 1 amide bonds. The number of rotatable bonds is 2. The van der Waals surface area contributed by atoms with Gasteiger partial charge in [0.2, 0.25) is 0 Å². The van der Waals surface area contributed by atoms with Crippen molar-refractivity contribution < 1.29 is 22.4 Å². The van der Waals surface area contributed by atoms with Crippen molar-refractivity contribution in [2.45, 2.75) is 6.18 Å². The molecule has 1 aromatic heterocycles. The first kappa shape index (κ1) is 14.0. The molecule has 0 bridgehead atoms. The maximum Gasteiger partial charge on any atom is 0.416 e. The first-order chi connectivity index (χ1) is 9.38. The molecule has 0 atom stereocenters. The molecule has 20 heavy (non-hydrogen) atoms. The van der Waals surface area contributed by atoms with Crippen LogP contribution in [0.2, 0.25) is 0 Å². The maximum absolute atomic E-state index is 13.6. The van der Waals surface area contributed by atoms with Gasteiger partial charge in [-0.2, -0.15) is 13.2 Å². The molecule has 0 spiro atoms. The van der Waals surface area contributed by atoms with E-state index in [2.05, 4.69) is 10.3 Å². The lowest BCUT2D eigenvalue weighted by molar-refractivity contribution is -0.137. The van der Waals surface area contributed by atoms with Crippen LogP contribution in [0.1, 0.15) is 15.9 Å². The molecule has 2 aromatic rings. The van der Waals surface area contributed by atoms with Gasteiger partial charge in [-0.3, -0.25) is 9.78 Å². The first-order valence-electron chi connectivity index (χ1n) is 5.46. The minimum absolute atomic E-state index is 0.290. The number of benzene rings is 1. The molecular formula is C13H8F4N2O. The van der Waals surface area contributed by atoms with Crippen molar-refractivity contribution >= 4 is 11.6 Å². The van der Waals surface area contributed by atoms with E-state index in [1.165, 1.54) is 18.5 Å². The van der Waals surface area contributed by atoms with Crippen molar-refractivity contribution in [2.75, 3.05) is 5.32 Å². The molecule has 0 radical (unpaired) electrons. The standard InChI is InChI=1S/C13H8F4N2O/c14-11-6-8(13(15,16)17)3-4-10(11)12(20)19-9-2-1-5-18-7-9/h1-7H,(H,19,20). The molecule has 0 unspecified atom stereocenters. The Morgan fingerprint density at radius 2 is 1.95 bits per heavy atom. The second-order valence-corrected chi connectivity index (χ2v) is 3.89. The third-order valence-corrected chi connectivity index (χ3v) is 2.46. The van der Waals surface area contributed by atoms with Crippen molar-refractivity contribution in [2.24, 2.45) is 0 Å². The Morgan fingerprint density at radius 1 is 1.20 bits per heavy atom. The molecule has 1 aromatic carbocycles. The zero-order valence-corrected chi connectivity index (χ0v) is 9.91. The fourth-order valence-corrected chi connectivity index (χ4v) is 1.51. The molecule has 0 aliphatic heterocycles. The number of halogens is 4. The molecule has 1 N–H and O–H groups in total. The van der Waals surface area contributed by atoms with Crippen LogP contribution in [0.15, 0.2) is 42.7 Å². The lowest BCUT2D eigenvalue weighted by Crippen LogP contribution is -2.15. The second-order valence-electron chi connectivity index (χ2n) is 3.89. The first-order valence-corrected chi connectivity index (χ1v) is 5.46. The van der Waals surface area contributed by atoms with E-state index < -0.39 is 29.0 Å². The third-order valence-electron chi connectivity index (χ3n) is 2.46. The molecule has 0 aliphatic rings. The normalized spacial score (nSPS) is 11.2. The smallest absolute Gasteiger partial charge is 0.320 e. The maximum atomic E-state index is 13.6. The van der Waals surface area contributed by atoms with Gasteiger partial charge in [-0.25, -0.2) is 4.39 Å². The zero-order chi connectivity index (χ0) is 14.8. The monoisotopic (exact) mass is 284 g/mol. The van der Waals surface area contributed by atoms with E-state index >= 15 is 0 Å². The van der Waals surface area contributed by atoms with E-state index in [4.69, 9.17) is 0 Å². The predicted molar refractivity (Wildman–Crippen MR) is 63.6 cm³/mol. The van der Waals surface area contributed by atoms with E-state index in [1.807, 2.05) is 0 Å². The van der Waals surface area contributed by atoms with Gasteiger partial charge >= 0.3 is 6.18 Å². The molecule has 1 heterocycles. The minimum Gasteiger partial charge on any atom is -0.320 e. The Bertz CT molecular complexity index is 626. The summed E-state index contributed by atoms with van der Waals surface area (Å²) in [5, 5.41) is 2.33. The summed E-state index contributed by atoms with van der Waals surface area (Å²) in [4.78, 5) is 15.5. The fourth-order valence-electron chi connectivity index (χ4n) is 1.51. The number of anilines is 1. The number of hydrogen-bond donors (Lipinski definition) is 1. The van der Waals surface area contributed by atoms with Gasteiger partial charge in [0.25, 0.3) is 5.91 Å². The number of hydrogen-bond acceptors (Lipinski definition) is 2. The number of nitrogens with one attached hydrogen (secondary N) is 1. The summed E-state index contributed by atoms with van der Waals surface area (Å²) >= 11 is 0. The Hall–Kier alpha value is -2.44. The molecule has 3 nitrogen and oxygen atoms in total. The Kier molecular flexibility index (Phi) is 3.69. The van der Waals surface area contributed by atoms with E-state index in [-0.39, 0.29) is 6.07 Å². The molecule has 0 aliphatic carbocycles. The van der Waals surface area contributed by atoms with Gasteiger partial charge in [0.05, 0.1) is 23.0 Å². The topological polar surface area (TPSA) is 42.0 Å². The molecule has 0 saturated carbocycles. The highest BCUT2D eigenvalue weighted by atomic mass is 19.4. The van der Waals surface area contributed by atoms with E-state index in [9.17, 15) is 22.4 Å². The minimum atomic E-state index is -4.65. The summed E-state index contributed by atoms with van der Waals surface area (Å²) in [5.74, 6) is -2.08. The zero-order valence-electron chi connectivity index (χ0n) is 9.91. The van der Waals surface area contributed by atoms with Crippen molar-refractivity contribution in [3.05, 3.63) is 59.7 Å². The van der Waals surface area contributed by atoms with Gasteiger partial charge in [0, 0.05) is 6.20 Å². The summed E-state index contributed by atoms with van der Waals surface area (Å²) in [6.07, 6.45) is -1.84. The molecule has 7 heteroatoms. The average Bonchev–Trinajstić information content (AvgIpc) is 2.38. The van der Waals surface area contributed by atoms with E-state index in [0.717, 1.165) is 6.07 Å². The molecule has 2 rings (SSSR count). The number of carbonyl (C=O) groups excluding carboxylic acids is 1. The Morgan fingerprint density at radius 3 is 2.50 bits per heavy atom. The lowest BCUT2D eigenvalue weighted by atomic mass is 10.1. The number of carbonyl (C=O) groups is 1. The van der Waals surface area contributed by atoms with Crippen LogP contribution in [-0.2, 0) is 6.18 Å². The summed E-state index contributed by atoms with van der Waals surface area (Å²) in [7, 11) is 0. The van der Waals surface area contributed by atoms with Crippen LogP contribution >= 0.6 is 0 Å². The SMILES string of the molecule is O=C(Nc1cccnc1)c1ccc(C(F)(F)F)cc1F. The number of aromatic nitrogens is 1. The van der Waals surface area contributed by atoms with Crippen LogP contribution in [0.3, 0.4) is 0 Å². The summed E-state index contributed by atoms with van der Waals surface area (Å²) in [6, 6.07) is 4.81. The van der Waals surface area contributed by atoms with E-state index in [1.54, 1.807) is 6.07 Å². The average molecular weight is 284 g/mol. The third kappa shape index (κ3) is 3.11. The largest absolute Gasteiger partial charge is 0.416 e. The van der Waals surface area contributed by atoms with Gasteiger partial charge in [0.1, 0.15) is 5.82 Å². The quantitative estimate of drug-likeness (QED) is 0.858. The van der Waals surface area contributed by atoms with Gasteiger partial charge in [0.15, 0.2) is 0 Å². The predicted octanol–water partition coefficient (Wildman–Crippen LogP) is 3.49. The van der Waals surface area contributed by atoms with Crippen molar-refractivity contribution in [1.29, 1.82) is 0 Å². The van der Waals surface area contributed by atoms with Gasteiger partial charge in [-0.15, -0.1) is 0 Å². The van der Waals surface area contributed by atoms with Crippen LogP contribution in [0.4, 0.5) is 23.2 Å². The van der Waals surface area contributed by atoms with Crippen LogP contribution in [0.25, 0.3) is 0 Å². The van der Waals surface area contributed by atoms with Crippen LogP contribution < -0.4 is 5.32 Å². The highest BCUT2D eigenvalue weighted by molar-refractivity contribution is 6.04. The number of amides is 1. The number of alkyl halides is 3. The Labute approximate surface area is 111 Å². The van der Waals surface area contributed by atoms with Gasteiger partial charge < -0.3 is 5.32 Å². The van der Waals surface area contributed by atoms with Crippen molar-refractivity contribution in [1.82, 2.24) is 4.98 Å². The van der Waals surface area contributed by atoms with Crippen LogP contribution in [0, 0.1) is 5.82 Å². The Balaban J connectivity index is 2.23. The van der Waals surface area contributed by atoms with Crippen LogP contribution in [0.5, 0.6) is 0 Å². The van der Waals surface area contributed by atoms with E-state index in [0.29, 0.717) is 11.8 Å². The highest BCUT2D eigenvalue weighted by Crippen LogP contribution is 2.30. The second kappa shape index (κ2) is 5.28. The number of nitrogens with zero attached hydrogens (tertiary/aromatic N) is 1. The molecular weight excluding hydrogens is 276 g/mol. The molecule has 0 fully saturated rings. The van der Waals surface area contributed by atoms with Crippen molar-refractivity contribution in [3.8, 4) is 0 Å². The van der Waals surface area contributed by atoms with Crippen molar-refractivity contribution in [3.63, 3.8) is 0 Å². The summed E-state index contributed by atoms with van der Waals surface area (Å²) in [6.45, 7) is 0. The summed E-state index contributed by atoms with van der Waals surface area (Å²) < 4.78 is 50.7. The molecule has 0 saturated heterocycles. The number of pyridine rings is 1. The van der Waals surface area contributed by atoms with Gasteiger partial charge in [-0.05, 0) is 30.3 Å². The van der Waals surface area contributed by atoms with Gasteiger partial charge in [-0.1, -0.05) is 0 Å². The summed E-state index contributed by atoms with van der Waals surface area (Å²) in [5.41, 5.74) is -1.30. The lowest BCUT2D eigenvalue weighted by Gasteiger charge is -2.09. The highest BCUT2D eigenvalue weighted by Gasteiger charge is 2.31. The van der Waals surface area contributed by atoms with Crippen LogP contribution in [-0.4, -0.2) is 10.9 Å².